The molecule has 3 rings (SSSR count). The first-order chi connectivity index (χ1) is 6.34. The van der Waals surface area contributed by atoms with Gasteiger partial charge in [0.15, 0.2) is 5.51 Å². The Hall–Kier alpha value is -0.860. The van der Waals surface area contributed by atoms with E-state index < -0.39 is 0 Å². The van der Waals surface area contributed by atoms with Crippen molar-refractivity contribution in [1.82, 2.24) is 4.98 Å². The van der Waals surface area contributed by atoms with E-state index in [2.05, 4.69) is 10.5 Å². The van der Waals surface area contributed by atoms with E-state index in [4.69, 9.17) is 11.6 Å². The molecule has 0 bridgehead atoms. The fourth-order valence-corrected chi connectivity index (χ4v) is 2.60. The zero-order chi connectivity index (χ0) is 8.84. The summed E-state index contributed by atoms with van der Waals surface area (Å²) in [4.78, 5) is 5.52. The first-order valence-corrected chi connectivity index (χ1v) is 5.18. The molecule has 0 aliphatic heterocycles. The number of nitrogens with zero attached hydrogens (tertiary/aromatic N) is 1. The predicted octanol–water partition coefficient (Wildman–Crippen LogP) is 3.17. The predicted molar refractivity (Wildman–Crippen MR) is 54.2 cm³/mol. The molecule has 1 aromatic carbocycles. The van der Waals surface area contributed by atoms with Gasteiger partial charge < -0.3 is 0 Å². The number of fused-ring (bicyclic) bond motifs is 3. The van der Waals surface area contributed by atoms with Crippen LogP contribution in [0.25, 0.3) is 11.3 Å². The highest BCUT2D eigenvalue weighted by atomic mass is 35.5. The minimum Gasteiger partial charge on any atom is -0.233 e. The number of benzene rings is 1. The van der Waals surface area contributed by atoms with Gasteiger partial charge in [0.1, 0.15) is 0 Å². The summed E-state index contributed by atoms with van der Waals surface area (Å²) in [6.45, 7) is 0. The van der Waals surface area contributed by atoms with E-state index in [9.17, 15) is 0 Å². The molecule has 0 spiro atoms. The van der Waals surface area contributed by atoms with Gasteiger partial charge in [-0.05, 0) is 17.7 Å². The molecule has 0 saturated heterocycles. The number of halogens is 1. The number of hydrogen-bond acceptors (Lipinski definition) is 2. The van der Waals surface area contributed by atoms with E-state index in [0.29, 0.717) is 0 Å². The van der Waals surface area contributed by atoms with Gasteiger partial charge in [0.25, 0.3) is 0 Å². The van der Waals surface area contributed by atoms with Crippen molar-refractivity contribution in [3.8, 4) is 11.3 Å². The van der Waals surface area contributed by atoms with Crippen molar-refractivity contribution >= 4 is 22.9 Å². The van der Waals surface area contributed by atoms with Gasteiger partial charge in [-0.1, -0.05) is 17.7 Å². The molecule has 2 aromatic rings. The van der Waals surface area contributed by atoms with Crippen molar-refractivity contribution in [1.29, 1.82) is 0 Å². The quantitative estimate of drug-likeness (QED) is 0.551. The zero-order valence-corrected chi connectivity index (χ0v) is 8.25. The smallest absolute Gasteiger partial charge is 0.153 e. The van der Waals surface area contributed by atoms with Gasteiger partial charge in [0.2, 0.25) is 0 Å². The van der Waals surface area contributed by atoms with E-state index >= 15 is 0 Å². The van der Waals surface area contributed by atoms with Crippen LogP contribution in [-0.4, -0.2) is 4.98 Å². The molecule has 0 unspecified atom stereocenters. The van der Waals surface area contributed by atoms with Crippen LogP contribution in [0, 0.1) is 5.51 Å². The first kappa shape index (κ1) is 7.54. The molecule has 0 atom stereocenters. The summed E-state index contributed by atoms with van der Waals surface area (Å²) in [6, 6.07) is 5.97. The van der Waals surface area contributed by atoms with Crippen LogP contribution in [0.5, 0.6) is 0 Å². The minimum atomic E-state index is 0.804. The third kappa shape index (κ3) is 1.02. The van der Waals surface area contributed by atoms with Crippen LogP contribution in [0.3, 0.4) is 0 Å². The lowest BCUT2D eigenvalue weighted by molar-refractivity contribution is 1.31. The molecular formula is C10H5ClNS. The maximum absolute atomic E-state index is 5.91. The van der Waals surface area contributed by atoms with Gasteiger partial charge in [-0.3, -0.25) is 0 Å². The van der Waals surface area contributed by atoms with Gasteiger partial charge in [-0.2, -0.15) is 0 Å². The topological polar surface area (TPSA) is 12.9 Å². The maximum atomic E-state index is 5.91. The van der Waals surface area contributed by atoms with E-state index in [1.54, 1.807) is 11.3 Å². The molecule has 13 heavy (non-hydrogen) atoms. The molecule has 0 amide bonds. The molecule has 63 valence electrons. The molecule has 1 aliphatic carbocycles. The van der Waals surface area contributed by atoms with Crippen molar-refractivity contribution < 1.29 is 0 Å². The Kier molecular flexibility index (Phi) is 1.49. The van der Waals surface area contributed by atoms with Crippen molar-refractivity contribution in [3.05, 3.63) is 39.2 Å². The largest absolute Gasteiger partial charge is 0.233 e. The normalized spacial score (nSPS) is 12.7. The van der Waals surface area contributed by atoms with Gasteiger partial charge >= 0.3 is 0 Å². The minimum absolute atomic E-state index is 0.804. The lowest BCUT2D eigenvalue weighted by Crippen LogP contribution is -1.79. The van der Waals surface area contributed by atoms with Crippen LogP contribution in [-0.2, 0) is 6.42 Å². The summed E-state index contributed by atoms with van der Waals surface area (Å²) in [7, 11) is 0. The summed E-state index contributed by atoms with van der Waals surface area (Å²) in [6.07, 6.45) is 0.965. The average molecular weight is 207 g/mol. The van der Waals surface area contributed by atoms with Crippen LogP contribution >= 0.6 is 22.9 Å². The Morgan fingerprint density at radius 1 is 1.46 bits per heavy atom. The molecule has 1 radical (unpaired) electrons. The third-order valence-electron chi connectivity index (χ3n) is 2.26. The van der Waals surface area contributed by atoms with Crippen LogP contribution in [0.2, 0.25) is 5.02 Å². The van der Waals surface area contributed by atoms with Gasteiger partial charge in [0, 0.05) is 21.9 Å². The molecule has 0 saturated carbocycles. The number of thiazole rings is 1. The molecule has 0 fully saturated rings. The average Bonchev–Trinajstić information content (AvgIpc) is 2.62. The monoisotopic (exact) mass is 206 g/mol. The first-order valence-electron chi connectivity index (χ1n) is 3.99. The highest BCUT2D eigenvalue weighted by molar-refractivity contribution is 7.09. The van der Waals surface area contributed by atoms with Crippen molar-refractivity contribution in [3.63, 3.8) is 0 Å². The van der Waals surface area contributed by atoms with Crippen molar-refractivity contribution in [2.45, 2.75) is 6.42 Å². The van der Waals surface area contributed by atoms with Crippen LogP contribution in [0.15, 0.2) is 18.2 Å². The molecule has 1 nitrogen and oxygen atoms in total. The number of rotatable bonds is 0. The Balaban J connectivity index is 2.29. The summed E-state index contributed by atoms with van der Waals surface area (Å²) in [5.41, 5.74) is 6.52. The van der Waals surface area contributed by atoms with Crippen LogP contribution in [0.1, 0.15) is 10.4 Å². The Labute approximate surface area is 85.0 Å². The second-order valence-electron chi connectivity index (χ2n) is 3.06. The SMILES string of the molecule is Clc1ccc2c(c1)Cc1s[c]nc1-2. The summed E-state index contributed by atoms with van der Waals surface area (Å²) >= 11 is 7.50. The Bertz CT molecular complexity index is 476. The van der Waals surface area contributed by atoms with Gasteiger partial charge in [-0.25, -0.2) is 4.98 Å². The summed E-state index contributed by atoms with van der Waals surface area (Å²) in [5.74, 6) is 0. The van der Waals surface area contributed by atoms with E-state index in [1.165, 1.54) is 16.0 Å². The molecule has 1 aliphatic rings. The van der Waals surface area contributed by atoms with Crippen LogP contribution in [0.4, 0.5) is 0 Å². The molecule has 1 heterocycles. The standard InChI is InChI=1S/C10H5ClNS/c11-7-1-2-8-6(3-7)4-9-10(8)12-5-13-9/h1-3H,4H2. The Morgan fingerprint density at radius 3 is 3.31 bits per heavy atom. The third-order valence-corrected chi connectivity index (χ3v) is 3.27. The number of aromatic nitrogens is 1. The summed E-state index contributed by atoms with van der Waals surface area (Å²) < 4.78 is 0. The molecular weight excluding hydrogens is 202 g/mol. The summed E-state index contributed by atoms with van der Waals surface area (Å²) in [5, 5.41) is 0.804. The van der Waals surface area contributed by atoms with E-state index in [1.807, 2.05) is 18.2 Å². The van der Waals surface area contributed by atoms with Crippen molar-refractivity contribution in [2.24, 2.45) is 0 Å². The molecule has 3 heteroatoms. The van der Waals surface area contributed by atoms with Crippen LogP contribution < -0.4 is 0 Å². The lowest BCUT2D eigenvalue weighted by Gasteiger charge is -1.97. The van der Waals surface area contributed by atoms with Gasteiger partial charge in [0.05, 0.1) is 5.69 Å². The van der Waals surface area contributed by atoms with E-state index in [0.717, 1.165) is 17.1 Å². The molecule has 1 aromatic heterocycles. The highest BCUT2D eigenvalue weighted by Crippen LogP contribution is 2.38. The van der Waals surface area contributed by atoms with E-state index in [-0.39, 0.29) is 0 Å². The lowest BCUT2D eigenvalue weighted by atomic mass is 10.1. The Morgan fingerprint density at radius 2 is 2.38 bits per heavy atom. The second-order valence-corrected chi connectivity index (χ2v) is 4.37. The number of hydrogen-bond donors (Lipinski definition) is 0. The highest BCUT2D eigenvalue weighted by Gasteiger charge is 2.20. The van der Waals surface area contributed by atoms with Gasteiger partial charge in [-0.15, -0.1) is 11.3 Å². The molecule has 0 N–H and O–H groups in total. The fourth-order valence-electron chi connectivity index (χ4n) is 1.68. The second kappa shape index (κ2) is 2.56. The fraction of sp³-hybridized carbons (Fsp3) is 0.100. The maximum Gasteiger partial charge on any atom is 0.153 e. The zero-order valence-electron chi connectivity index (χ0n) is 6.67. The van der Waals surface area contributed by atoms with Crippen molar-refractivity contribution in [2.75, 3.05) is 0 Å².